The third kappa shape index (κ3) is 3.42. The zero-order valence-electron chi connectivity index (χ0n) is 8.81. The first-order valence-electron chi connectivity index (χ1n) is 4.77. The van der Waals surface area contributed by atoms with Crippen molar-refractivity contribution >= 4 is 23.4 Å². The molecule has 0 aliphatic rings. The molecule has 0 aromatic heterocycles. The predicted octanol–water partition coefficient (Wildman–Crippen LogP) is -0.579. The maximum atomic E-state index is 11.7. The van der Waals surface area contributed by atoms with E-state index in [0.717, 1.165) is 0 Å². The van der Waals surface area contributed by atoms with Crippen LogP contribution in [0.5, 0.6) is 0 Å². The number of hydrogen-bond acceptors (Lipinski definition) is 4. The number of carbonyl (C=O) groups excluding carboxylic acids is 2. The van der Waals surface area contributed by atoms with Crippen LogP contribution in [0.4, 0.5) is 0 Å². The molecule has 92 valence electrons. The lowest BCUT2D eigenvalue weighted by molar-refractivity contribution is -0.123. The minimum absolute atomic E-state index is 0.220. The zero-order valence-corrected chi connectivity index (χ0v) is 9.57. The number of nitrogens with one attached hydrogen (secondary N) is 2. The number of benzene rings is 1. The molecule has 17 heavy (non-hydrogen) atoms. The molecule has 5 N–H and O–H groups in total. The molecule has 0 unspecified atom stereocenters. The average Bonchev–Trinajstić information content (AvgIpc) is 2.35. The molecule has 1 aromatic carbocycles. The van der Waals surface area contributed by atoms with Gasteiger partial charge in [-0.25, -0.2) is 5.84 Å². The molecule has 1 atom stereocenters. The van der Waals surface area contributed by atoms with Crippen molar-refractivity contribution in [1.29, 1.82) is 0 Å². The fraction of sp³-hybridized carbons (Fsp3) is 0.200. The number of hydrogen-bond donors (Lipinski definition) is 4. The second-order valence-electron chi connectivity index (χ2n) is 3.20. The van der Waals surface area contributed by atoms with Gasteiger partial charge in [0.15, 0.2) is 0 Å². The van der Waals surface area contributed by atoms with Crippen molar-refractivity contribution in [2.24, 2.45) is 5.84 Å². The van der Waals surface area contributed by atoms with Crippen molar-refractivity contribution in [2.75, 3.05) is 6.61 Å². The van der Waals surface area contributed by atoms with E-state index in [1.54, 1.807) is 18.2 Å². The molecule has 0 saturated carbocycles. The van der Waals surface area contributed by atoms with Crippen LogP contribution in [0.3, 0.4) is 0 Å². The van der Waals surface area contributed by atoms with Crippen molar-refractivity contribution in [2.45, 2.75) is 6.04 Å². The van der Waals surface area contributed by atoms with Crippen LogP contribution in [-0.4, -0.2) is 29.6 Å². The number of aliphatic hydroxyl groups excluding tert-OH is 1. The number of nitrogens with two attached hydrogens (primary N) is 1. The van der Waals surface area contributed by atoms with E-state index in [1.807, 2.05) is 5.43 Å². The minimum atomic E-state index is -1.11. The maximum Gasteiger partial charge on any atom is 0.258 e. The van der Waals surface area contributed by atoms with Gasteiger partial charge in [0.25, 0.3) is 11.8 Å². The molecule has 0 radical (unpaired) electrons. The molecule has 0 aliphatic heterocycles. The Balaban J connectivity index is 2.78. The third-order valence-electron chi connectivity index (χ3n) is 2.07. The second-order valence-corrected chi connectivity index (χ2v) is 3.60. The Labute approximate surface area is 103 Å². The standard InChI is InChI=1S/C10H12ClN3O3/c11-7-4-2-1-3-6(7)9(16)13-8(5-15)10(17)14-12/h1-4,8,15H,5,12H2,(H,13,16)(H,14,17)/t8-/m0/s1. The molecule has 0 spiro atoms. The predicted molar refractivity (Wildman–Crippen MR) is 62.1 cm³/mol. The Morgan fingerprint density at radius 3 is 2.59 bits per heavy atom. The van der Waals surface area contributed by atoms with E-state index in [4.69, 9.17) is 22.6 Å². The Hall–Kier alpha value is -1.63. The van der Waals surface area contributed by atoms with Gasteiger partial charge in [0.2, 0.25) is 0 Å². The fourth-order valence-electron chi connectivity index (χ4n) is 1.18. The van der Waals surface area contributed by atoms with E-state index in [9.17, 15) is 9.59 Å². The number of aliphatic hydroxyl groups is 1. The molecule has 1 aromatic rings. The van der Waals surface area contributed by atoms with Crippen LogP contribution in [0, 0.1) is 0 Å². The molecule has 2 amide bonds. The Bertz CT molecular complexity index is 425. The summed E-state index contributed by atoms with van der Waals surface area (Å²) in [4.78, 5) is 22.9. The lowest BCUT2D eigenvalue weighted by atomic mass is 10.2. The highest BCUT2D eigenvalue weighted by atomic mass is 35.5. The van der Waals surface area contributed by atoms with E-state index in [2.05, 4.69) is 5.32 Å². The lowest BCUT2D eigenvalue weighted by Gasteiger charge is -2.14. The van der Waals surface area contributed by atoms with Crippen molar-refractivity contribution < 1.29 is 14.7 Å². The van der Waals surface area contributed by atoms with Crippen LogP contribution >= 0.6 is 11.6 Å². The molecule has 0 bridgehead atoms. The number of carbonyl (C=O) groups is 2. The van der Waals surface area contributed by atoms with Crippen LogP contribution in [0.1, 0.15) is 10.4 Å². The van der Waals surface area contributed by atoms with Crippen LogP contribution in [0.25, 0.3) is 0 Å². The Morgan fingerprint density at radius 2 is 2.06 bits per heavy atom. The van der Waals surface area contributed by atoms with Gasteiger partial charge in [-0.3, -0.25) is 15.0 Å². The fourth-order valence-corrected chi connectivity index (χ4v) is 1.40. The van der Waals surface area contributed by atoms with Crippen LogP contribution in [0.15, 0.2) is 24.3 Å². The molecule has 0 fully saturated rings. The molecule has 0 heterocycles. The summed E-state index contributed by atoms with van der Waals surface area (Å²) in [7, 11) is 0. The molecule has 0 aliphatic carbocycles. The topological polar surface area (TPSA) is 104 Å². The SMILES string of the molecule is NNC(=O)[C@H](CO)NC(=O)c1ccccc1Cl. The Kier molecular flexibility index (Phi) is 4.89. The van der Waals surface area contributed by atoms with Crippen molar-refractivity contribution in [3.8, 4) is 0 Å². The van der Waals surface area contributed by atoms with E-state index in [0.29, 0.717) is 0 Å². The minimum Gasteiger partial charge on any atom is -0.394 e. The van der Waals surface area contributed by atoms with E-state index in [1.165, 1.54) is 6.07 Å². The monoisotopic (exact) mass is 257 g/mol. The number of rotatable bonds is 4. The summed E-state index contributed by atoms with van der Waals surface area (Å²) >= 11 is 5.81. The summed E-state index contributed by atoms with van der Waals surface area (Å²) in [5.41, 5.74) is 2.06. The summed E-state index contributed by atoms with van der Waals surface area (Å²) in [6.07, 6.45) is 0. The second kappa shape index (κ2) is 6.19. The molecular formula is C10H12ClN3O3. The van der Waals surface area contributed by atoms with Crippen molar-refractivity contribution in [3.05, 3.63) is 34.9 Å². The first-order chi connectivity index (χ1) is 8.10. The summed E-state index contributed by atoms with van der Waals surface area (Å²) < 4.78 is 0. The summed E-state index contributed by atoms with van der Waals surface area (Å²) in [6, 6.07) is 5.26. The maximum absolute atomic E-state index is 11.7. The van der Waals surface area contributed by atoms with Gasteiger partial charge in [-0.15, -0.1) is 0 Å². The summed E-state index contributed by atoms with van der Waals surface area (Å²) in [5.74, 6) is 3.66. The number of hydrazine groups is 1. The summed E-state index contributed by atoms with van der Waals surface area (Å²) in [5, 5.41) is 11.5. The van der Waals surface area contributed by atoms with E-state index < -0.39 is 24.5 Å². The van der Waals surface area contributed by atoms with Gasteiger partial charge in [-0.05, 0) is 12.1 Å². The highest BCUT2D eigenvalue weighted by molar-refractivity contribution is 6.33. The van der Waals surface area contributed by atoms with Crippen molar-refractivity contribution in [1.82, 2.24) is 10.7 Å². The van der Waals surface area contributed by atoms with Crippen molar-refractivity contribution in [3.63, 3.8) is 0 Å². The molecule has 1 rings (SSSR count). The zero-order chi connectivity index (χ0) is 12.8. The van der Waals surface area contributed by atoms with E-state index >= 15 is 0 Å². The van der Waals surface area contributed by atoms with E-state index in [-0.39, 0.29) is 10.6 Å². The van der Waals surface area contributed by atoms with Gasteiger partial charge >= 0.3 is 0 Å². The largest absolute Gasteiger partial charge is 0.394 e. The smallest absolute Gasteiger partial charge is 0.258 e. The van der Waals surface area contributed by atoms with Gasteiger partial charge in [0, 0.05) is 0 Å². The number of halogens is 1. The Morgan fingerprint density at radius 1 is 1.41 bits per heavy atom. The molecule has 0 saturated heterocycles. The normalized spacial score (nSPS) is 11.7. The average molecular weight is 258 g/mol. The quantitative estimate of drug-likeness (QED) is 0.329. The first-order valence-corrected chi connectivity index (χ1v) is 5.14. The number of amides is 2. The summed E-state index contributed by atoms with van der Waals surface area (Å²) in [6.45, 7) is -0.556. The van der Waals surface area contributed by atoms with Gasteiger partial charge < -0.3 is 10.4 Å². The van der Waals surface area contributed by atoms with Gasteiger partial charge in [-0.1, -0.05) is 23.7 Å². The van der Waals surface area contributed by atoms with Crippen LogP contribution in [-0.2, 0) is 4.79 Å². The highest BCUT2D eigenvalue weighted by Crippen LogP contribution is 2.14. The van der Waals surface area contributed by atoms with Gasteiger partial charge in [0.05, 0.1) is 17.2 Å². The molecule has 6 nitrogen and oxygen atoms in total. The third-order valence-corrected chi connectivity index (χ3v) is 2.39. The van der Waals surface area contributed by atoms with Gasteiger partial charge in [-0.2, -0.15) is 0 Å². The van der Waals surface area contributed by atoms with Crippen LogP contribution < -0.4 is 16.6 Å². The molecular weight excluding hydrogens is 246 g/mol. The highest BCUT2D eigenvalue weighted by Gasteiger charge is 2.20. The lowest BCUT2D eigenvalue weighted by Crippen LogP contribution is -2.50. The first kappa shape index (κ1) is 13.4. The molecule has 7 heteroatoms. The van der Waals surface area contributed by atoms with Crippen LogP contribution in [0.2, 0.25) is 5.02 Å². The van der Waals surface area contributed by atoms with Gasteiger partial charge in [0.1, 0.15) is 6.04 Å².